The Hall–Kier alpha value is -1.69. The molecule has 1 aromatic rings. The van der Waals surface area contributed by atoms with Crippen molar-refractivity contribution < 1.29 is 9.53 Å². The highest BCUT2D eigenvalue weighted by Crippen LogP contribution is 2.17. The van der Waals surface area contributed by atoms with Crippen LogP contribution in [0.2, 0.25) is 0 Å². The van der Waals surface area contributed by atoms with Crippen molar-refractivity contribution in [3.8, 4) is 0 Å². The van der Waals surface area contributed by atoms with Crippen molar-refractivity contribution in [2.24, 2.45) is 0 Å². The van der Waals surface area contributed by atoms with Gasteiger partial charge in [-0.1, -0.05) is 13.8 Å². The number of nitrogens with one attached hydrogen (secondary N) is 1. The lowest BCUT2D eigenvalue weighted by Crippen LogP contribution is -2.30. The summed E-state index contributed by atoms with van der Waals surface area (Å²) in [7, 11) is 3.44. The first-order valence-corrected chi connectivity index (χ1v) is 7.36. The maximum absolute atomic E-state index is 12.6. The Morgan fingerprint density at radius 1 is 1.48 bits per heavy atom. The van der Waals surface area contributed by atoms with Gasteiger partial charge in [0.1, 0.15) is 5.82 Å². The van der Waals surface area contributed by atoms with E-state index in [9.17, 15) is 4.79 Å². The van der Waals surface area contributed by atoms with E-state index in [0.29, 0.717) is 30.4 Å². The van der Waals surface area contributed by atoms with E-state index in [1.807, 2.05) is 20.8 Å². The number of amides is 1. The molecule has 21 heavy (non-hydrogen) atoms. The third-order valence-electron chi connectivity index (χ3n) is 3.08. The summed E-state index contributed by atoms with van der Waals surface area (Å²) >= 11 is 0. The summed E-state index contributed by atoms with van der Waals surface area (Å²) in [5, 5.41) is 3.15. The summed E-state index contributed by atoms with van der Waals surface area (Å²) in [6, 6.07) is 0. The molecule has 1 aromatic heterocycles. The smallest absolute Gasteiger partial charge is 0.274 e. The van der Waals surface area contributed by atoms with Crippen molar-refractivity contribution in [3.05, 3.63) is 17.7 Å². The fourth-order valence-electron chi connectivity index (χ4n) is 1.88. The first-order chi connectivity index (χ1) is 10.0. The van der Waals surface area contributed by atoms with Crippen molar-refractivity contribution >= 4 is 11.6 Å². The molecule has 0 aliphatic rings. The van der Waals surface area contributed by atoms with E-state index in [1.165, 1.54) is 0 Å². The molecule has 0 spiro atoms. The summed E-state index contributed by atoms with van der Waals surface area (Å²) in [6.07, 6.45) is 2.50. The number of nitrogens with zero attached hydrogens (tertiary/aromatic N) is 3. The van der Waals surface area contributed by atoms with Crippen molar-refractivity contribution in [1.82, 2.24) is 14.9 Å². The molecule has 0 atom stereocenters. The molecular formula is C15H26N4O2. The lowest BCUT2D eigenvalue weighted by atomic mass is 10.2. The summed E-state index contributed by atoms with van der Waals surface area (Å²) < 4.78 is 5.01. The molecule has 0 saturated carbocycles. The molecule has 0 saturated heterocycles. The number of aromatic nitrogens is 2. The van der Waals surface area contributed by atoms with Gasteiger partial charge >= 0.3 is 0 Å². The number of hydrogen-bond acceptors (Lipinski definition) is 5. The van der Waals surface area contributed by atoms with Gasteiger partial charge in [0.25, 0.3) is 5.91 Å². The van der Waals surface area contributed by atoms with Crippen molar-refractivity contribution in [2.45, 2.75) is 33.1 Å². The number of hydrogen-bond donors (Lipinski definition) is 1. The minimum absolute atomic E-state index is 0.0913. The fraction of sp³-hybridized carbons (Fsp3) is 0.667. The zero-order valence-corrected chi connectivity index (χ0v) is 13.6. The first kappa shape index (κ1) is 17.4. The Balaban J connectivity index is 2.95. The molecule has 0 bridgehead atoms. The van der Waals surface area contributed by atoms with Gasteiger partial charge in [-0.15, -0.1) is 0 Å². The molecule has 6 heteroatoms. The molecule has 1 rings (SSSR count). The molecule has 0 aromatic carbocycles. The fourth-order valence-corrected chi connectivity index (χ4v) is 1.88. The second-order valence-corrected chi connectivity index (χ2v) is 5.25. The van der Waals surface area contributed by atoms with E-state index < -0.39 is 0 Å². The number of carbonyl (C=O) groups excluding carboxylic acids is 1. The van der Waals surface area contributed by atoms with E-state index >= 15 is 0 Å². The van der Waals surface area contributed by atoms with Crippen molar-refractivity contribution in [2.75, 3.05) is 39.2 Å². The van der Waals surface area contributed by atoms with Gasteiger partial charge in [0, 0.05) is 39.8 Å². The van der Waals surface area contributed by atoms with Crippen molar-refractivity contribution in [3.63, 3.8) is 0 Å². The van der Waals surface area contributed by atoms with E-state index in [4.69, 9.17) is 4.74 Å². The molecule has 1 N–H and O–H groups in total. The first-order valence-electron chi connectivity index (χ1n) is 7.36. The van der Waals surface area contributed by atoms with Crippen LogP contribution in [0.25, 0.3) is 0 Å². The molecule has 0 unspecified atom stereocenters. The Labute approximate surface area is 126 Å². The highest BCUT2D eigenvalue weighted by atomic mass is 16.5. The lowest BCUT2D eigenvalue weighted by Gasteiger charge is -2.19. The van der Waals surface area contributed by atoms with Crippen LogP contribution < -0.4 is 5.32 Å². The predicted octanol–water partition coefficient (Wildman–Crippen LogP) is 2.14. The molecule has 1 amide bonds. The predicted molar refractivity (Wildman–Crippen MR) is 83.7 cm³/mol. The largest absolute Gasteiger partial charge is 0.385 e. The highest BCUT2D eigenvalue weighted by molar-refractivity contribution is 5.97. The van der Waals surface area contributed by atoms with Crippen LogP contribution in [0.15, 0.2) is 6.20 Å². The second kappa shape index (κ2) is 8.56. The average molecular weight is 294 g/mol. The average Bonchev–Trinajstić information content (AvgIpc) is 2.47. The Kier molecular flexibility index (Phi) is 7.08. The summed E-state index contributed by atoms with van der Waals surface area (Å²) in [6.45, 7) is 8.00. The van der Waals surface area contributed by atoms with Gasteiger partial charge in [-0.2, -0.15) is 0 Å². The minimum atomic E-state index is -0.0913. The number of ether oxygens (including phenoxy) is 1. The summed E-state index contributed by atoms with van der Waals surface area (Å²) in [4.78, 5) is 23.0. The SMILES string of the molecule is CCNc1cnc(C(C)C)nc1C(=O)N(C)CCCOC. The zero-order chi connectivity index (χ0) is 15.8. The lowest BCUT2D eigenvalue weighted by molar-refractivity contribution is 0.0774. The van der Waals surface area contributed by atoms with Crippen LogP contribution in [0, 0.1) is 0 Å². The van der Waals surface area contributed by atoms with Gasteiger partial charge in [-0.3, -0.25) is 4.79 Å². The number of anilines is 1. The van der Waals surface area contributed by atoms with Crippen LogP contribution >= 0.6 is 0 Å². The molecule has 0 fully saturated rings. The molecular weight excluding hydrogens is 268 g/mol. The quantitative estimate of drug-likeness (QED) is 0.744. The Bertz CT molecular complexity index is 463. The normalized spacial score (nSPS) is 10.8. The van der Waals surface area contributed by atoms with Gasteiger partial charge in [0.15, 0.2) is 5.69 Å². The van der Waals surface area contributed by atoms with Crippen LogP contribution in [0.4, 0.5) is 5.69 Å². The molecule has 0 aliphatic carbocycles. The maximum Gasteiger partial charge on any atom is 0.274 e. The van der Waals surface area contributed by atoms with Crippen LogP contribution in [0.3, 0.4) is 0 Å². The topological polar surface area (TPSA) is 67.4 Å². The number of methoxy groups -OCH3 is 1. The summed E-state index contributed by atoms with van der Waals surface area (Å²) in [5.74, 6) is 0.780. The van der Waals surface area contributed by atoms with Gasteiger partial charge < -0.3 is 15.0 Å². The standard InChI is InChI=1S/C15H26N4O2/c1-6-16-12-10-17-14(11(2)3)18-13(12)15(20)19(4)8-7-9-21-5/h10-11,16H,6-9H2,1-5H3. The van der Waals surface area contributed by atoms with Gasteiger partial charge in [-0.05, 0) is 13.3 Å². The number of carbonyl (C=O) groups is 1. The maximum atomic E-state index is 12.6. The molecule has 118 valence electrons. The van der Waals surface area contributed by atoms with Crippen LogP contribution in [0.1, 0.15) is 49.4 Å². The van der Waals surface area contributed by atoms with E-state index in [-0.39, 0.29) is 11.8 Å². The Morgan fingerprint density at radius 3 is 2.76 bits per heavy atom. The summed E-state index contributed by atoms with van der Waals surface area (Å²) in [5.41, 5.74) is 1.13. The molecule has 0 aliphatic heterocycles. The number of rotatable bonds is 8. The van der Waals surface area contributed by atoms with E-state index in [0.717, 1.165) is 13.0 Å². The van der Waals surface area contributed by atoms with Crippen molar-refractivity contribution in [1.29, 1.82) is 0 Å². The van der Waals surface area contributed by atoms with Crippen LogP contribution in [0.5, 0.6) is 0 Å². The van der Waals surface area contributed by atoms with Gasteiger partial charge in [0.05, 0.1) is 11.9 Å². The zero-order valence-electron chi connectivity index (χ0n) is 13.6. The van der Waals surface area contributed by atoms with Gasteiger partial charge in [-0.25, -0.2) is 9.97 Å². The van der Waals surface area contributed by atoms with E-state index in [2.05, 4.69) is 15.3 Å². The minimum Gasteiger partial charge on any atom is -0.385 e. The molecule has 6 nitrogen and oxygen atoms in total. The third kappa shape index (κ3) is 4.97. The van der Waals surface area contributed by atoms with Crippen LogP contribution in [-0.4, -0.2) is 54.6 Å². The molecule has 0 radical (unpaired) electrons. The Morgan fingerprint density at radius 2 is 2.19 bits per heavy atom. The third-order valence-corrected chi connectivity index (χ3v) is 3.08. The highest BCUT2D eigenvalue weighted by Gasteiger charge is 2.19. The second-order valence-electron chi connectivity index (χ2n) is 5.25. The van der Waals surface area contributed by atoms with Gasteiger partial charge in [0.2, 0.25) is 0 Å². The van der Waals surface area contributed by atoms with E-state index in [1.54, 1.807) is 25.3 Å². The monoisotopic (exact) mass is 294 g/mol. The molecule has 1 heterocycles. The van der Waals surface area contributed by atoms with Crippen LogP contribution in [-0.2, 0) is 4.74 Å².